The predicted octanol–water partition coefficient (Wildman–Crippen LogP) is 4.12. The number of likely N-dealkylation sites (tertiary alicyclic amines) is 1. The second-order valence-electron chi connectivity index (χ2n) is 9.67. The molecule has 0 bridgehead atoms. The molecule has 3 fully saturated rings. The number of fused-ring (bicyclic) bond motifs is 1. The maximum atomic E-state index is 13.2. The second kappa shape index (κ2) is 9.38. The molecule has 2 unspecified atom stereocenters. The van der Waals surface area contributed by atoms with E-state index in [0.29, 0.717) is 26.7 Å². The molecule has 5 atom stereocenters. The van der Waals surface area contributed by atoms with Crippen molar-refractivity contribution in [3.8, 4) is 0 Å². The first kappa shape index (κ1) is 24.5. The van der Waals surface area contributed by atoms with Gasteiger partial charge in [-0.2, -0.15) is 0 Å². The molecule has 188 valence electrons. The molecule has 0 spiro atoms. The summed E-state index contributed by atoms with van der Waals surface area (Å²) in [5.41, 5.74) is 0.558. The molecule has 3 aliphatic rings. The van der Waals surface area contributed by atoms with Gasteiger partial charge in [0.25, 0.3) is 17.9 Å². The Morgan fingerprint density at radius 1 is 1.20 bits per heavy atom. The zero-order chi connectivity index (χ0) is 25.0. The molecule has 2 aliphatic carbocycles. The molecule has 11 heteroatoms. The van der Waals surface area contributed by atoms with E-state index >= 15 is 0 Å². The van der Waals surface area contributed by atoms with Crippen LogP contribution in [0.4, 0.5) is 23.2 Å². The summed E-state index contributed by atoms with van der Waals surface area (Å²) in [5.74, 6) is -0.539. The minimum Gasteiger partial charge on any atom is -0.381 e. The third-order valence-electron chi connectivity index (χ3n) is 7.29. The zero-order valence-corrected chi connectivity index (χ0v) is 21.0. The number of hydrogen-bond acceptors (Lipinski definition) is 4. The van der Waals surface area contributed by atoms with Gasteiger partial charge in [0.1, 0.15) is 0 Å². The normalized spacial score (nSPS) is 27.3. The molecule has 1 aliphatic heterocycles. The van der Waals surface area contributed by atoms with Gasteiger partial charge in [0.15, 0.2) is 0 Å². The molecule has 1 saturated heterocycles. The Morgan fingerprint density at radius 2 is 1.91 bits per heavy atom. The highest BCUT2D eigenvalue weighted by Crippen LogP contribution is 2.48. The number of rotatable bonds is 8. The van der Waals surface area contributed by atoms with Crippen molar-refractivity contribution in [1.29, 1.82) is 0 Å². The Labute approximate surface area is 213 Å². The smallest absolute Gasteiger partial charge is 0.264 e. The molecule has 35 heavy (non-hydrogen) atoms. The summed E-state index contributed by atoms with van der Waals surface area (Å²) < 4.78 is 54.3. The van der Waals surface area contributed by atoms with E-state index < -0.39 is 36.3 Å². The highest BCUT2D eigenvalue weighted by Gasteiger charge is 2.55. The number of piperidine rings is 1. The van der Waals surface area contributed by atoms with E-state index in [-0.39, 0.29) is 30.1 Å². The first-order valence-electron chi connectivity index (χ1n) is 11.5. The number of nitrogens with zero attached hydrogens (tertiary/aromatic N) is 2. The lowest BCUT2D eigenvalue weighted by atomic mass is 10.1. The minimum absolute atomic E-state index is 0.0127. The molecule has 2 aromatic rings. The van der Waals surface area contributed by atoms with Crippen LogP contribution in [0, 0.1) is 21.3 Å². The average molecular weight is 604 g/mol. The van der Waals surface area contributed by atoms with Gasteiger partial charge in [-0.15, -0.1) is 0 Å². The number of carbonyl (C=O) groups excluding carboxylic acids is 1. The number of pyridine rings is 1. The van der Waals surface area contributed by atoms with Crippen LogP contribution >= 0.6 is 22.6 Å². The summed E-state index contributed by atoms with van der Waals surface area (Å²) in [5, 5.41) is 6.09. The van der Waals surface area contributed by atoms with Crippen molar-refractivity contribution in [2.45, 2.75) is 37.9 Å². The summed E-state index contributed by atoms with van der Waals surface area (Å²) in [6, 6.07) is 5.34. The fourth-order valence-corrected chi connectivity index (χ4v) is 5.99. The topological polar surface area (TPSA) is 66.4 Å². The van der Waals surface area contributed by atoms with Gasteiger partial charge >= 0.3 is 0 Å². The number of halogens is 5. The van der Waals surface area contributed by atoms with Gasteiger partial charge in [0.2, 0.25) is 6.43 Å². The molecule has 1 aromatic carbocycles. The second-order valence-corrected chi connectivity index (χ2v) is 10.7. The highest BCUT2D eigenvalue weighted by atomic mass is 127. The number of benzene rings is 1. The number of amides is 1. The van der Waals surface area contributed by atoms with Crippen LogP contribution in [-0.2, 0) is 6.54 Å². The summed E-state index contributed by atoms with van der Waals surface area (Å²) in [6.07, 6.45) is -3.62. The van der Waals surface area contributed by atoms with Crippen molar-refractivity contribution >= 4 is 34.2 Å². The average Bonchev–Trinajstić information content (AvgIpc) is 3.68. The van der Waals surface area contributed by atoms with Crippen LogP contribution < -0.4 is 16.2 Å². The van der Waals surface area contributed by atoms with Gasteiger partial charge in [-0.25, -0.2) is 17.6 Å². The molecule has 2 N–H and O–H groups in total. The van der Waals surface area contributed by atoms with E-state index in [1.165, 1.54) is 29.0 Å². The fraction of sp³-hybridized carbons (Fsp3) is 0.500. The Kier molecular flexibility index (Phi) is 6.58. The van der Waals surface area contributed by atoms with E-state index in [1.54, 1.807) is 6.07 Å². The van der Waals surface area contributed by atoms with Crippen molar-refractivity contribution in [3.05, 3.63) is 61.1 Å². The first-order chi connectivity index (χ1) is 16.7. The lowest BCUT2D eigenvalue weighted by Gasteiger charge is -2.18. The van der Waals surface area contributed by atoms with E-state index in [9.17, 15) is 27.2 Å². The van der Waals surface area contributed by atoms with Gasteiger partial charge in [-0.1, -0.05) is 18.2 Å². The number of nitrogens with one attached hydrogen (secondary N) is 2. The maximum absolute atomic E-state index is 13.2. The van der Waals surface area contributed by atoms with Crippen LogP contribution in [0.25, 0.3) is 0 Å². The molecule has 2 saturated carbocycles. The fourth-order valence-electron chi connectivity index (χ4n) is 5.20. The summed E-state index contributed by atoms with van der Waals surface area (Å²) in [4.78, 5) is 28.2. The Morgan fingerprint density at radius 3 is 2.54 bits per heavy atom. The number of anilines is 1. The Balaban J connectivity index is 1.39. The van der Waals surface area contributed by atoms with Gasteiger partial charge in [0, 0.05) is 59.0 Å². The number of hydrogen-bond donors (Lipinski definition) is 2. The lowest BCUT2D eigenvalue weighted by Crippen LogP contribution is -2.30. The minimum atomic E-state index is -2.63. The zero-order valence-electron chi connectivity index (χ0n) is 18.9. The van der Waals surface area contributed by atoms with E-state index in [0.717, 1.165) is 13.1 Å². The van der Waals surface area contributed by atoms with Crippen LogP contribution in [0.3, 0.4) is 0 Å². The molecule has 1 amide bonds. The molecule has 1 aromatic heterocycles. The van der Waals surface area contributed by atoms with Crippen molar-refractivity contribution in [2.75, 3.05) is 25.5 Å². The van der Waals surface area contributed by atoms with Crippen molar-refractivity contribution < 1.29 is 22.4 Å². The third kappa shape index (κ3) is 4.81. The SMILES string of the molecule is CN1CC2C(Nc3cc(=O)n([C@@H]4C[C@H]4C(F)F)cc3C(=O)NCc3cccc(C(F)F)c3I)[C@@H]2C1. The van der Waals surface area contributed by atoms with Crippen LogP contribution in [0.2, 0.25) is 0 Å². The highest BCUT2D eigenvalue weighted by molar-refractivity contribution is 14.1. The predicted molar refractivity (Wildman–Crippen MR) is 131 cm³/mol. The number of alkyl halides is 4. The van der Waals surface area contributed by atoms with Crippen molar-refractivity contribution in [3.63, 3.8) is 0 Å². The maximum Gasteiger partial charge on any atom is 0.264 e. The van der Waals surface area contributed by atoms with Crippen LogP contribution in [0.15, 0.2) is 35.3 Å². The quantitative estimate of drug-likeness (QED) is 0.352. The largest absolute Gasteiger partial charge is 0.381 e. The summed E-state index contributed by atoms with van der Waals surface area (Å²) in [6.45, 7) is 1.87. The molecule has 5 rings (SSSR count). The van der Waals surface area contributed by atoms with Gasteiger partial charge in [-0.3, -0.25) is 9.59 Å². The Hall–Kier alpha value is -2.15. The first-order valence-corrected chi connectivity index (χ1v) is 12.6. The number of carbonyl (C=O) groups is 1. The van der Waals surface area contributed by atoms with E-state index in [4.69, 9.17) is 0 Å². The van der Waals surface area contributed by atoms with Crippen LogP contribution in [0.1, 0.15) is 40.4 Å². The third-order valence-corrected chi connectivity index (χ3v) is 8.61. The van der Waals surface area contributed by atoms with E-state index in [1.807, 2.05) is 29.6 Å². The molecule has 6 nitrogen and oxygen atoms in total. The molecule has 2 heterocycles. The standard InChI is InChI=1S/C24H25F4IN4O2/c1-32-8-14-15(9-32)21(14)31-17-6-19(34)33(18-5-13(18)23(27)28)10-16(17)24(35)30-7-11-3-2-4-12(20(11)29)22(25)26/h2-4,6,10,13-15,18,21-23,31H,5,7-9H2,1H3,(H,30,35)/t13-,14-,15?,18-,21?/m1/s1. The molecular formula is C24H25F4IN4O2. The van der Waals surface area contributed by atoms with Crippen molar-refractivity contribution in [1.82, 2.24) is 14.8 Å². The summed E-state index contributed by atoms with van der Waals surface area (Å²) >= 11 is 1.84. The molecule has 0 radical (unpaired) electrons. The van der Waals surface area contributed by atoms with Crippen LogP contribution in [-0.4, -0.2) is 48.0 Å². The van der Waals surface area contributed by atoms with Gasteiger partial charge < -0.3 is 20.1 Å². The van der Waals surface area contributed by atoms with Gasteiger partial charge in [0.05, 0.1) is 11.3 Å². The Bertz CT molecular complexity index is 1190. The lowest BCUT2D eigenvalue weighted by molar-refractivity contribution is 0.0950. The summed E-state index contributed by atoms with van der Waals surface area (Å²) in [7, 11) is 2.04. The van der Waals surface area contributed by atoms with Crippen LogP contribution in [0.5, 0.6) is 0 Å². The molecular weight excluding hydrogens is 579 g/mol. The van der Waals surface area contributed by atoms with Crippen molar-refractivity contribution in [2.24, 2.45) is 17.8 Å². The monoisotopic (exact) mass is 604 g/mol. The number of aromatic nitrogens is 1. The van der Waals surface area contributed by atoms with E-state index in [2.05, 4.69) is 15.5 Å². The van der Waals surface area contributed by atoms with Gasteiger partial charge in [-0.05, 0) is 53.5 Å².